The van der Waals surface area contributed by atoms with Crippen molar-refractivity contribution < 1.29 is 13.9 Å². The third-order valence-corrected chi connectivity index (χ3v) is 4.62. The van der Waals surface area contributed by atoms with Crippen LogP contribution < -0.4 is 5.32 Å². The molecule has 2 heterocycles. The second kappa shape index (κ2) is 6.95. The van der Waals surface area contributed by atoms with Crippen molar-refractivity contribution in [2.45, 2.75) is 39.3 Å². The zero-order valence-electron chi connectivity index (χ0n) is 14.9. The van der Waals surface area contributed by atoms with Gasteiger partial charge in [-0.15, -0.1) is 0 Å². The van der Waals surface area contributed by atoms with Gasteiger partial charge in [0.05, 0.1) is 24.8 Å². The van der Waals surface area contributed by atoms with Gasteiger partial charge in [-0.3, -0.25) is 4.79 Å². The molecule has 0 aliphatic carbocycles. The Kier molecular flexibility index (Phi) is 4.92. The van der Waals surface area contributed by atoms with Gasteiger partial charge in [0.1, 0.15) is 5.58 Å². The van der Waals surface area contributed by atoms with E-state index in [1.54, 1.807) is 6.26 Å². The van der Waals surface area contributed by atoms with Gasteiger partial charge in [-0.2, -0.15) is 0 Å². The Morgan fingerprint density at radius 2 is 2.17 bits per heavy atom. The van der Waals surface area contributed by atoms with Gasteiger partial charge in [-0.25, -0.2) is 0 Å². The lowest BCUT2D eigenvalue weighted by atomic mass is 10.0. The number of nitrogens with one attached hydrogen (secondary N) is 1. The van der Waals surface area contributed by atoms with E-state index in [1.165, 1.54) is 5.56 Å². The van der Waals surface area contributed by atoms with E-state index in [0.29, 0.717) is 13.0 Å². The molecule has 1 saturated heterocycles. The number of likely N-dealkylation sites (N-methyl/N-ethyl adjacent to an activating group) is 1. The molecule has 1 aromatic carbocycles. The molecule has 2 atom stereocenters. The van der Waals surface area contributed by atoms with Crippen LogP contribution in [0.3, 0.4) is 0 Å². The van der Waals surface area contributed by atoms with E-state index >= 15 is 0 Å². The quantitative estimate of drug-likeness (QED) is 0.915. The van der Waals surface area contributed by atoms with Gasteiger partial charge in [0.25, 0.3) is 0 Å². The van der Waals surface area contributed by atoms with Crippen molar-refractivity contribution in [2.75, 3.05) is 26.7 Å². The molecule has 1 aliphatic rings. The van der Waals surface area contributed by atoms with Gasteiger partial charge in [-0.05, 0) is 45.0 Å². The second-order valence-electron chi connectivity index (χ2n) is 6.78. The first-order valence-corrected chi connectivity index (χ1v) is 8.54. The molecule has 3 rings (SSSR count). The molecule has 0 saturated carbocycles. The molecule has 0 bridgehead atoms. The Hall–Kier alpha value is -1.85. The van der Waals surface area contributed by atoms with Crippen LogP contribution >= 0.6 is 0 Å². The molecule has 1 aliphatic heterocycles. The van der Waals surface area contributed by atoms with Crippen LogP contribution in [0.25, 0.3) is 11.0 Å². The SMILES string of the molecule is CCO[C@@H]1CN(C)C[C@H]1NC(=O)Cc1coc2cc(C)cc(C)c12. The molecule has 130 valence electrons. The first-order valence-electron chi connectivity index (χ1n) is 8.54. The van der Waals surface area contributed by atoms with E-state index in [1.807, 2.05) is 27.0 Å². The average Bonchev–Trinajstić information content (AvgIpc) is 3.03. The van der Waals surface area contributed by atoms with Crippen molar-refractivity contribution in [3.05, 3.63) is 35.1 Å². The number of rotatable bonds is 5. The topological polar surface area (TPSA) is 54.7 Å². The highest BCUT2D eigenvalue weighted by Crippen LogP contribution is 2.26. The summed E-state index contributed by atoms with van der Waals surface area (Å²) in [5.41, 5.74) is 4.11. The Bertz CT molecular complexity index is 738. The van der Waals surface area contributed by atoms with E-state index in [9.17, 15) is 4.79 Å². The number of ether oxygens (including phenoxy) is 1. The molecule has 24 heavy (non-hydrogen) atoms. The van der Waals surface area contributed by atoms with Crippen molar-refractivity contribution in [3.8, 4) is 0 Å². The summed E-state index contributed by atoms with van der Waals surface area (Å²) in [6.45, 7) is 8.43. The standard InChI is InChI=1S/C19H26N2O3/c1-5-23-17-10-21(4)9-15(17)20-18(22)8-14-11-24-16-7-12(2)6-13(3)19(14)16/h6-7,11,15,17H,5,8-10H2,1-4H3,(H,20,22)/t15-,17-/m1/s1. The van der Waals surface area contributed by atoms with Crippen LogP contribution in [0.15, 0.2) is 22.8 Å². The fourth-order valence-corrected chi connectivity index (χ4v) is 3.67. The van der Waals surface area contributed by atoms with E-state index < -0.39 is 0 Å². The first-order chi connectivity index (χ1) is 11.5. The Morgan fingerprint density at radius 1 is 1.38 bits per heavy atom. The van der Waals surface area contributed by atoms with Crippen molar-refractivity contribution >= 4 is 16.9 Å². The maximum absolute atomic E-state index is 12.5. The molecule has 1 amide bonds. The number of carbonyl (C=O) groups is 1. The highest BCUT2D eigenvalue weighted by Gasteiger charge is 2.32. The highest BCUT2D eigenvalue weighted by molar-refractivity contribution is 5.90. The predicted molar refractivity (Wildman–Crippen MR) is 94.2 cm³/mol. The van der Waals surface area contributed by atoms with Gasteiger partial charge >= 0.3 is 0 Å². The van der Waals surface area contributed by atoms with E-state index in [-0.39, 0.29) is 18.1 Å². The molecule has 1 N–H and O–H groups in total. The third kappa shape index (κ3) is 3.47. The summed E-state index contributed by atoms with van der Waals surface area (Å²) in [7, 11) is 2.05. The fourth-order valence-electron chi connectivity index (χ4n) is 3.67. The average molecular weight is 330 g/mol. The Morgan fingerprint density at radius 3 is 2.92 bits per heavy atom. The largest absolute Gasteiger partial charge is 0.464 e. The van der Waals surface area contributed by atoms with Crippen LogP contribution in [0.5, 0.6) is 0 Å². The summed E-state index contributed by atoms with van der Waals surface area (Å²) < 4.78 is 11.4. The molecule has 0 unspecified atom stereocenters. The molecule has 1 fully saturated rings. The summed E-state index contributed by atoms with van der Waals surface area (Å²) in [6, 6.07) is 4.18. The van der Waals surface area contributed by atoms with Crippen LogP contribution in [0.1, 0.15) is 23.6 Å². The molecule has 1 aromatic heterocycles. The summed E-state index contributed by atoms with van der Waals surface area (Å²) in [4.78, 5) is 14.7. The lowest BCUT2D eigenvalue weighted by Crippen LogP contribution is -2.44. The number of aryl methyl sites for hydroxylation is 2. The number of benzene rings is 1. The minimum absolute atomic E-state index is 0.0164. The van der Waals surface area contributed by atoms with Crippen LogP contribution in [0.2, 0.25) is 0 Å². The van der Waals surface area contributed by atoms with Crippen molar-refractivity contribution in [3.63, 3.8) is 0 Å². The van der Waals surface area contributed by atoms with Crippen LogP contribution in [0, 0.1) is 13.8 Å². The number of amides is 1. The maximum atomic E-state index is 12.5. The Labute approximate surface area is 143 Å². The Balaban J connectivity index is 1.71. The molecule has 5 nitrogen and oxygen atoms in total. The highest BCUT2D eigenvalue weighted by atomic mass is 16.5. The molecular formula is C19H26N2O3. The number of hydrogen-bond donors (Lipinski definition) is 1. The minimum atomic E-state index is 0.0164. The van der Waals surface area contributed by atoms with Crippen LogP contribution in [-0.2, 0) is 16.0 Å². The molecule has 5 heteroatoms. The van der Waals surface area contributed by atoms with E-state index in [0.717, 1.165) is 35.2 Å². The van der Waals surface area contributed by atoms with Crippen LogP contribution in [0.4, 0.5) is 0 Å². The summed E-state index contributed by atoms with van der Waals surface area (Å²) in [6.07, 6.45) is 2.10. The van der Waals surface area contributed by atoms with Crippen molar-refractivity contribution in [1.82, 2.24) is 10.2 Å². The van der Waals surface area contributed by atoms with Gasteiger partial charge in [-0.1, -0.05) is 6.07 Å². The second-order valence-corrected chi connectivity index (χ2v) is 6.78. The summed E-state index contributed by atoms with van der Waals surface area (Å²) in [5, 5.41) is 4.19. The first kappa shape index (κ1) is 17.0. The number of fused-ring (bicyclic) bond motifs is 1. The molecule has 0 radical (unpaired) electrons. The monoisotopic (exact) mass is 330 g/mol. The molecule has 2 aromatic rings. The van der Waals surface area contributed by atoms with Gasteiger partial charge in [0.2, 0.25) is 5.91 Å². The van der Waals surface area contributed by atoms with Crippen molar-refractivity contribution in [2.24, 2.45) is 0 Å². The number of carbonyl (C=O) groups excluding carboxylic acids is 1. The number of furan rings is 1. The van der Waals surface area contributed by atoms with E-state index in [4.69, 9.17) is 9.15 Å². The number of likely N-dealkylation sites (tertiary alicyclic amines) is 1. The zero-order valence-corrected chi connectivity index (χ0v) is 14.9. The van der Waals surface area contributed by atoms with Crippen molar-refractivity contribution in [1.29, 1.82) is 0 Å². The van der Waals surface area contributed by atoms with Crippen LogP contribution in [-0.4, -0.2) is 49.7 Å². The maximum Gasteiger partial charge on any atom is 0.224 e. The van der Waals surface area contributed by atoms with Gasteiger partial charge in [0.15, 0.2) is 0 Å². The lowest BCUT2D eigenvalue weighted by molar-refractivity contribution is -0.121. The predicted octanol–water partition coefficient (Wildman–Crippen LogP) is 2.43. The lowest BCUT2D eigenvalue weighted by Gasteiger charge is -2.19. The summed E-state index contributed by atoms with van der Waals surface area (Å²) in [5.74, 6) is 0.0164. The normalized spacial score (nSPS) is 21.5. The molecular weight excluding hydrogens is 304 g/mol. The minimum Gasteiger partial charge on any atom is -0.464 e. The number of nitrogens with zero attached hydrogens (tertiary/aromatic N) is 1. The van der Waals surface area contributed by atoms with Gasteiger partial charge < -0.3 is 19.4 Å². The summed E-state index contributed by atoms with van der Waals surface area (Å²) >= 11 is 0. The van der Waals surface area contributed by atoms with E-state index in [2.05, 4.69) is 23.2 Å². The third-order valence-electron chi connectivity index (χ3n) is 4.62. The van der Waals surface area contributed by atoms with Gasteiger partial charge in [0, 0.05) is 30.6 Å². The zero-order chi connectivity index (χ0) is 17.3. The molecule has 0 spiro atoms. The smallest absolute Gasteiger partial charge is 0.224 e. The fraction of sp³-hybridized carbons (Fsp3) is 0.526. The number of hydrogen-bond acceptors (Lipinski definition) is 4.